The number of likely N-dealkylation sites (N-methyl/N-ethyl adjacent to an activating group) is 1. The number of carbonyl (C=O) groups excluding carboxylic acids is 1. The Morgan fingerprint density at radius 3 is 2.86 bits per heavy atom. The van der Waals surface area contributed by atoms with Crippen LogP contribution in [0.15, 0.2) is 47.1 Å². The molecule has 112 valence electrons. The van der Waals surface area contributed by atoms with Crippen LogP contribution in [-0.4, -0.2) is 23.9 Å². The normalized spacial score (nSPS) is 12.3. The van der Waals surface area contributed by atoms with Gasteiger partial charge in [0.05, 0.1) is 18.8 Å². The highest BCUT2D eigenvalue weighted by Gasteiger charge is 2.18. The number of nitrogens with zero attached hydrogens (tertiary/aromatic N) is 1. The van der Waals surface area contributed by atoms with Crippen LogP contribution in [0.25, 0.3) is 0 Å². The maximum Gasteiger partial charge on any atom is 0.237 e. The summed E-state index contributed by atoms with van der Waals surface area (Å²) in [6.07, 6.45) is 1.59. The number of hydrogen-bond donors (Lipinski definition) is 2. The molecule has 1 amide bonds. The molecule has 0 aliphatic heterocycles. The number of rotatable bonds is 6. The molecule has 0 saturated heterocycles. The van der Waals surface area contributed by atoms with Crippen molar-refractivity contribution < 1.29 is 9.21 Å². The van der Waals surface area contributed by atoms with Crippen LogP contribution in [0.4, 0.5) is 5.69 Å². The second kappa shape index (κ2) is 6.95. The van der Waals surface area contributed by atoms with Gasteiger partial charge >= 0.3 is 0 Å². The smallest absolute Gasteiger partial charge is 0.237 e. The summed E-state index contributed by atoms with van der Waals surface area (Å²) >= 11 is 0. The Hall–Kier alpha value is -2.27. The predicted octanol–water partition coefficient (Wildman–Crippen LogP) is 2.00. The Balaban J connectivity index is 1.86. The molecule has 5 nitrogen and oxygen atoms in total. The summed E-state index contributed by atoms with van der Waals surface area (Å²) in [5, 5.41) is 2.86. The van der Waals surface area contributed by atoms with Crippen molar-refractivity contribution in [2.24, 2.45) is 0 Å². The molecule has 2 rings (SSSR count). The van der Waals surface area contributed by atoms with Crippen LogP contribution in [0.5, 0.6) is 0 Å². The van der Waals surface area contributed by atoms with Gasteiger partial charge in [0.15, 0.2) is 0 Å². The van der Waals surface area contributed by atoms with Crippen LogP contribution in [0.2, 0.25) is 0 Å². The first kappa shape index (κ1) is 15.1. The number of anilines is 1. The van der Waals surface area contributed by atoms with E-state index in [1.165, 1.54) is 0 Å². The van der Waals surface area contributed by atoms with Gasteiger partial charge < -0.3 is 15.5 Å². The molecule has 0 aliphatic carbocycles. The largest absolute Gasteiger partial charge is 0.467 e. The van der Waals surface area contributed by atoms with E-state index in [0.717, 1.165) is 17.0 Å². The number of furan rings is 1. The Labute approximate surface area is 124 Å². The molecule has 1 atom stereocenters. The average molecular weight is 287 g/mol. The SMILES string of the molecule is CC(C(=O)NCc1ccco1)N(C)Cc1cccc(N)c1. The molecule has 0 saturated carbocycles. The fourth-order valence-corrected chi connectivity index (χ4v) is 2.05. The Bertz CT molecular complexity index is 581. The molecule has 5 heteroatoms. The van der Waals surface area contributed by atoms with Crippen LogP contribution in [0.3, 0.4) is 0 Å². The summed E-state index contributed by atoms with van der Waals surface area (Å²) in [7, 11) is 1.92. The van der Waals surface area contributed by atoms with Crippen LogP contribution >= 0.6 is 0 Å². The third-order valence-electron chi connectivity index (χ3n) is 3.44. The molecular weight excluding hydrogens is 266 g/mol. The minimum Gasteiger partial charge on any atom is -0.467 e. The van der Waals surface area contributed by atoms with Crippen molar-refractivity contribution in [2.75, 3.05) is 12.8 Å². The second-order valence-electron chi connectivity index (χ2n) is 5.13. The zero-order valence-electron chi connectivity index (χ0n) is 12.4. The van der Waals surface area contributed by atoms with Crippen LogP contribution in [-0.2, 0) is 17.9 Å². The highest BCUT2D eigenvalue weighted by Crippen LogP contribution is 2.10. The molecule has 1 heterocycles. The number of amides is 1. The van der Waals surface area contributed by atoms with Gasteiger partial charge in [0.2, 0.25) is 5.91 Å². The molecule has 0 aliphatic rings. The standard InChI is InChI=1S/C16H21N3O2/c1-12(16(20)18-10-15-7-4-8-21-15)19(2)11-13-5-3-6-14(17)9-13/h3-9,12H,10-11,17H2,1-2H3,(H,18,20). The van der Waals surface area contributed by atoms with E-state index >= 15 is 0 Å². The molecule has 0 spiro atoms. The Morgan fingerprint density at radius 2 is 2.19 bits per heavy atom. The molecule has 0 fully saturated rings. The number of nitrogens with one attached hydrogen (secondary N) is 1. The van der Waals surface area contributed by atoms with Crippen molar-refractivity contribution in [1.82, 2.24) is 10.2 Å². The summed E-state index contributed by atoms with van der Waals surface area (Å²) in [5.74, 6) is 0.715. The number of hydrogen-bond acceptors (Lipinski definition) is 4. The fourth-order valence-electron chi connectivity index (χ4n) is 2.05. The van der Waals surface area contributed by atoms with E-state index in [4.69, 9.17) is 10.2 Å². The van der Waals surface area contributed by atoms with Crippen molar-refractivity contribution in [3.8, 4) is 0 Å². The summed E-state index contributed by atoms with van der Waals surface area (Å²) in [4.78, 5) is 14.1. The molecule has 1 aromatic heterocycles. The monoisotopic (exact) mass is 287 g/mol. The maximum atomic E-state index is 12.1. The van der Waals surface area contributed by atoms with E-state index in [0.29, 0.717) is 13.1 Å². The zero-order chi connectivity index (χ0) is 15.2. The molecule has 0 bridgehead atoms. The van der Waals surface area contributed by atoms with Crippen molar-refractivity contribution in [3.63, 3.8) is 0 Å². The number of benzene rings is 1. The van der Waals surface area contributed by atoms with Gasteiger partial charge in [-0.25, -0.2) is 0 Å². The van der Waals surface area contributed by atoms with Gasteiger partial charge in [0.1, 0.15) is 5.76 Å². The van der Waals surface area contributed by atoms with Crippen LogP contribution in [0, 0.1) is 0 Å². The lowest BCUT2D eigenvalue weighted by molar-refractivity contribution is -0.125. The van der Waals surface area contributed by atoms with Crippen molar-refractivity contribution >= 4 is 11.6 Å². The third kappa shape index (κ3) is 4.36. The van der Waals surface area contributed by atoms with Gasteiger partial charge in [-0.1, -0.05) is 12.1 Å². The van der Waals surface area contributed by atoms with E-state index in [9.17, 15) is 4.79 Å². The Kier molecular flexibility index (Phi) is 5.00. The highest BCUT2D eigenvalue weighted by atomic mass is 16.3. The predicted molar refractivity (Wildman–Crippen MR) is 82.3 cm³/mol. The van der Waals surface area contributed by atoms with Crippen LogP contribution in [0.1, 0.15) is 18.2 Å². The van der Waals surface area contributed by atoms with E-state index in [2.05, 4.69) is 5.32 Å². The topological polar surface area (TPSA) is 71.5 Å². The van der Waals surface area contributed by atoms with Crippen molar-refractivity contribution in [1.29, 1.82) is 0 Å². The molecule has 0 radical (unpaired) electrons. The summed E-state index contributed by atoms with van der Waals surface area (Å²) in [6, 6.07) is 11.1. The molecule has 3 N–H and O–H groups in total. The first-order chi connectivity index (χ1) is 10.1. The first-order valence-corrected chi connectivity index (χ1v) is 6.91. The molecule has 21 heavy (non-hydrogen) atoms. The van der Waals surface area contributed by atoms with Gasteiger partial charge in [0, 0.05) is 12.2 Å². The average Bonchev–Trinajstić information content (AvgIpc) is 2.97. The molecule has 2 aromatic rings. The minimum absolute atomic E-state index is 0.0298. The highest BCUT2D eigenvalue weighted by molar-refractivity contribution is 5.81. The van der Waals surface area contributed by atoms with E-state index in [1.807, 2.05) is 49.2 Å². The number of nitrogens with two attached hydrogens (primary N) is 1. The minimum atomic E-state index is -0.235. The fraction of sp³-hybridized carbons (Fsp3) is 0.312. The third-order valence-corrected chi connectivity index (χ3v) is 3.44. The second-order valence-corrected chi connectivity index (χ2v) is 5.13. The van der Waals surface area contributed by atoms with Crippen molar-refractivity contribution in [2.45, 2.75) is 26.1 Å². The summed E-state index contributed by atoms with van der Waals surface area (Å²) in [6.45, 7) is 2.95. The number of nitrogen functional groups attached to an aromatic ring is 1. The van der Waals surface area contributed by atoms with Gasteiger partial charge in [0.25, 0.3) is 0 Å². The molecule has 1 unspecified atom stereocenters. The molecular formula is C16H21N3O2. The maximum absolute atomic E-state index is 12.1. The lowest BCUT2D eigenvalue weighted by Gasteiger charge is -2.23. The van der Waals surface area contributed by atoms with Crippen molar-refractivity contribution in [3.05, 3.63) is 54.0 Å². The quantitative estimate of drug-likeness (QED) is 0.797. The Morgan fingerprint density at radius 1 is 1.38 bits per heavy atom. The first-order valence-electron chi connectivity index (χ1n) is 6.91. The van der Waals surface area contributed by atoms with Crippen LogP contribution < -0.4 is 11.1 Å². The van der Waals surface area contributed by atoms with E-state index in [-0.39, 0.29) is 11.9 Å². The lowest BCUT2D eigenvalue weighted by atomic mass is 10.1. The summed E-state index contributed by atoms with van der Waals surface area (Å²) in [5.41, 5.74) is 7.58. The van der Waals surface area contributed by atoms with Gasteiger partial charge in [-0.15, -0.1) is 0 Å². The van der Waals surface area contributed by atoms with E-state index in [1.54, 1.807) is 12.3 Å². The van der Waals surface area contributed by atoms with Gasteiger partial charge in [-0.05, 0) is 43.8 Å². The lowest BCUT2D eigenvalue weighted by Crippen LogP contribution is -2.42. The summed E-state index contributed by atoms with van der Waals surface area (Å²) < 4.78 is 5.19. The molecule has 1 aromatic carbocycles. The number of carbonyl (C=O) groups is 1. The van der Waals surface area contributed by atoms with Gasteiger partial charge in [-0.3, -0.25) is 9.69 Å². The van der Waals surface area contributed by atoms with Gasteiger partial charge in [-0.2, -0.15) is 0 Å². The van der Waals surface area contributed by atoms with E-state index < -0.39 is 0 Å². The zero-order valence-corrected chi connectivity index (χ0v) is 12.4.